The topological polar surface area (TPSA) is 54.0 Å². The maximum atomic E-state index is 12.5. The van der Waals surface area contributed by atoms with Crippen molar-refractivity contribution < 1.29 is 14.3 Å². The number of hydrogen-bond donors (Lipinski definition) is 1. The molecule has 2 amide bonds. The molecule has 144 valence electrons. The minimum absolute atomic E-state index is 0.0767. The highest BCUT2D eigenvalue weighted by molar-refractivity contribution is 5.74. The van der Waals surface area contributed by atoms with Crippen molar-refractivity contribution in [2.75, 3.05) is 46.9 Å². The summed E-state index contributed by atoms with van der Waals surface area (Å²) in [6, 6.07) is 6.46. The predicted molar refractivity (Wildman–Crippen MR) is 102 cm³/mol. The van der Waals surface area contributed by atoms with Crippen LogP contribution in [0.25, 0.3) is 0 Å². The first-order valence-electron chi connectivity index (χ1n) is 9.69. The molecule has 0 saturated carbocycles. The summed E-state index contributed by atoms with van der Waals surface area (Å²) in [6.07, 6.45) is 5.53. The smallest absolute Gasteiger partial charge is 0.317 e. The summed E-state index contributed by atoms with van der Waals surface area (Å²) in [5.74, 6) is 1.70. The lowest BCUT2D eigenvalue weighted by Crippen LogP contribution is -2.58. The number of rotatable bonds is 6. The van der Waals surface area contributed by atoms with E-state index in [1.165, 1.54) is 25.8 Å². The molecule has 1 N–H and O–H groups in total. The molecule has 2 heterocycles. The molecule has 3 rings (SSSR count). The molecule has 6 nitrogen and oxygen atoms in total. The first-order chi connectivity index (χ1) is 12.7. The first kappa shape index (κ1) is 18.8. The zero-order valence-electron chi connectivity index (χ0n) is 16.0. The zero-order chi connectivity index (χ0) is 18.4. The molecular formula is C20H31N3O3. The molecular weight excluding hydrogens is 330 g/mol. The molecule has 0 aromatic heterocycles. The quantitative estimate of drug-likeness (QED) is 0.791. The molecule has 6 heteroatoms. The van der Waals surface area contributed by atoms with Gasteiger partial charge in [0.2, 0.25) is 0 Å². The molecule has 2 aliphatic rings. The van der Waals surface area contributed by atoms with E-state index in [-0.39, 0.29) is 6.03 Å². The normalized spacial score (nSPS) is 20.4. The Morgan fingerprint density at radius 3 is 2.88 bits per heavy atom. The number of ether oxygens (including phenoxy) is 2. The van der Waals surface area contributed by atoms with Gasteiger partial charge in [-0.05, 0) is 56.0 Å². The maximum Gasteiger partial charge on any atom is 0.317 e. The minimum Gasteiger partial charge on any atom is -0.497 e. The number of piperazine rings is 1. The summed E-state index contributed by atoms with van der Waals surface area (Å²) in [6.45, 7) is 4.59. The van der Waals surface area contributed by atoms with Crippen LogP contribution in [0.1, 0.15) is 31.2 Å². The molecule has 1 unspecified atom stereocenters. The van der Waals surface area contributed by atoms with Gasteiger partial charge in [0.1, 0.15) is 11.5 Å². The van der Waals surface area contributed by atoms with Crippen LogP contribution in [0.4, 0.5) is 4.79 Å². The largest absolute Gasteiger partial charge is 0.497 e. The summed E-state index contributed by atoms with van der Waals surface area (Å²) in [4.78, 5) is 17.0. The molecule has 2 fully saturated rings. The molecule has 1 aromatic rings. The lowest BCUT2D eigenvalue weighted by molar-refractivity contribution is 0.0644. The average Bonchev–Trinajstić information content (AvgIpc) is 2.70. The van der Waals surface area contributed by atoms with E-state index >= 15 is 0 Å². The Hall–Kier alpha value is -1.95. The van der Waals surface area contributed by atoms with Crippen LogP contribution in [0.3, 0.4) is 0 Å². The van der Waals surface area contributed by atoms with E-state index in [0.717, 1.165) is 49.5 Å². The Morgan fingerprint density at radius 2 is 2.08 bits per heavy atom. The van der Waals surface area contributed by atoms with E-state index in [2.05, 4.69) is 10.2 Å². The van der Waals surface area contributed by atoms with Gasteiger partial charge in [0.15, 0.2) is 0 Å². The van der Waals surface area contributed by atoms with Crippen LogP contribution in [0.2, 0.25) is 0 Å². The maximum absolute atomic E-state index is 12.5. The highest BCUT2D eigenvalue weighted by Gasteiger charge is 2.30. The van der Waals surface area contributed by atoms with Gasteiger partial charge in [0.25, 0.3) is 0 Å². The second kappa shape index (κ2) is 9.12. The van der Waals surface area contributed by atoms with Crippen LogP contribution >= 0.6 is 0 Å². The van der Waals surface area contributed by atoms with Gasteiger partial charge in [0.05, 0.1) is 14.2 Å². The number of benzene rings is 1. The van der Waals surface area contributed by atoms with Crippen molar-refractivity contribution in [3.8, 4) is 11.5 Å². The Balaban J connectivity index is 1.43. The predicted octanol–water partition coefficient (Wildman–Crippen LogP) is 2.52. The molecule has 0 aliphatic carbocycles. The summed E-state index contributed by atoms with van der Waals surface area (Å²) in [5, 5.41) is 3.08. The Morgan fingerprint density at radius 1 is 1.19 bits per heavy atom. The Kier molecular flexibility index (Phi) is 6.61. The fraction of sp³-hybridized carbons (Fsp3) is 0.650. The van der Waals surface area contributed by atoms with Gasteiger partial charge in [-0.2, -0.15) is 0 Å². The number of methoxy groups -OCH3 is 2. The van der Waals surface area contributed by atoms with Gasteiger partial charge in [-0.25, -0.2) is 4.79 Å². The number of fused-ring (bicyclic) bond motifs is 1. The SMILES string of the molecule is COc1ccc(OC)c(CCCNC(=O)N2CCN3CCCCC3C2)c1. The molecule has 0 bridgehead atoms. The molecule has 0 radical (unpaired) electrons. The van der Waals surface area contributed by atoms with Gasteiger partial charge in [-0.3, -0.25) is 4.90 Å². The van der Waals surface area contributed by atoms with E-state index < -0.39 is 0 Å². The third kappa shape index (κ3) is 4.61. The highest BCUT2D eigenvalue weighted by Crippen LogP contribution is 2.25. The van der Waals surface area contributed by atoms with Gasteiger partial charge in [-0.15, -0.1) is 0 Å². The second-order valence-electron chi connectivity index (χ2n) is 7.14. The zero-order valence-corrected chi connectivity index (χ0v) is 16.0. The molecule has 26 heavy (non-hydrogen) atoms. The third-order valence-corrected chi connectivity index (χ3v) is 5.51. The number of carbonyl (C=O) groups excluding carboxylic acids is 1. The standard InChI is InChI=1S/C20H31N3O3/c1-25-18-8-9-19(26-2)16(14-18)6-5-10-21-20(24)23-13-12-22-11-4-3-7-17(22)15-23/h8-9,14,17H,3-7,10-13,15H2,1-2H3,(H,21,24). The van der Waals surface area contributed by atoms with Crippen molar-refractivity contribution in [2.45, 2.75) is 38.1 Å². The number of piperidine rings is 1. The van der Waals surface area contributed by atoms with Gasteiger partial charge >= 0.3 is 6.03 Å². The second-order valence-corrected chi connectivity index (χ2v) is 7.14. The highest BCUT2D eigenvalue weighted by atomic mass is 16.5. The van der Waals surface area contributed by atoms with Crippen LogP contribution in [0.5, 0.6) is 11.5 Å². The molecule has 2 aliphatic heterocycles. The fourth-order valence-corrected chi connectivity index (χ4v) is 4.00. The Labute approximate surface area is 156 Å². The van der Waals surface area contributed by atoms with E-state index in [4.69, 9.17) is 9.47 Å². The lowest BCUT2D eigenvalue weighted by Gasteiger charge is -2.43. The van der Waals surface area contributed by atoms with Crippen molar-refractivity contribution in [2.24, 2.45) is 0 Å². The molecule has 1 atom stereocenters. The van der Waals surface area contributed by atoms with Crippen molar-refractivity contribution in [3.05, 3.63) is 23.8 Å². The van der Waals surface area contributed by atoms with Crippen LogP contribution in [0.15, 0.2) is 18.2 Å². The number of aryl methyl sites for hydroxylation is 1. The van der Waals surface area contributed by atoms with E-state index in [0.29, 0.717) is 12.6 Å². The molecule has 2 saturated heterocycles. The first-order valence-corrected chi connectivity index (χ1v) is 9.69. The summed E-state index contributed by atoms with van der Waals surface area (Å²) >= 11 is 0. The summed E-state index contributed by atoms with van der Waals surface area (Å²) in [5.41, 5.74) is 1.11. The van der Waals surface area contributed by atoms with E-state index in [1.54, 1.807) is 14.2 Å². The van der Waals surface area contributed by atoms with Crippen molar-refractivity contribution >= 4 is 6.03 Å². The number of urea groups is 1. The van der Waals surface area contributed by atoms with Gasteiger partial charge in [-0.1, -0.05) is 6.42 Å². The monoisotopic (exact) mass is 361 g/mol. The minimum atomic E-state index is 0.0767. The van der Waals surface area contributed by atoms with Crippen LogP contribution < -0.4 is 14.8 Å². The van der Waals surface area contributed by atoms with Crippen LogP contribution in [-0.2, 0) is 6.42 Å². The molecule has 0 spiro atoms. The van der Waals surface area contributed by atoms with Gasteiger partial charge in [0, 0.05) is 32.2 Å². The van der Waals surface area contributed by atoms with E-state index in [1.807, 2.05) is 23.1 Å². The van der Waals surface area contributed by atoms with Crippen LogP contribution in [-0.4, -0.2) is 68.8 Å². The number of hydrogen-bond acceptors (Lipinski definition) is 4. The van der Waals surface area contributed by atoms with Crippen molar-refractivity contribution in [1.29, 1.82) is 0 Å². The number of nitrogens with one attached hydrogen (secondary N) is 1. The third-order valence-electron chi connectivity index (χ3n) is 5.51. The van der Waals surface area contributed by atoms with Crippen molar-refractivity contribution in [3.63, 3.8) is 0 Å². The number of carbonyl (C=O) groups is 1. The van der Waals surface area contributed by atoms with E-state index in [9.17, 15) is 4.79 Å². The summed E-state index contributed by atoms with van der Waals surface area (Å²) in [7, 11) is 3.34. The molecule has 1 aromatic carbocycles. The number of nitrogens with zero attached hydrogens (tertiary/aromatic N) is 2. The summed E-state index contributed by atoms with van der Waals surface area (Å²) < 4.78 is 10.7. The fourth-order valence-electron chi connectivity index (χ4n) is 4.00. The van der Waals surface area contributed by atoms with Crippen LogP contribution in [0, 0.1) is 0 Å². The number of amides is 2. The lowest BCUT2D eigenvalue weighted by atomic mass is 10.00. The van der Waals surface area contributed by atoms with Crippen molar-refractivity contribution in [1.82, 2.24) is 15.1 Å². The van der Waals surface area contributed by atoms with Gasteiger partial charge < -0.3 is 19.7 Å². The average molecular weight is 361 g/mol. The Bertz CT molecular complexity index is 608.